The third-order valence-corrected chi connectivity index (χ3v) is 4.37. The van der Waals surface area contributed by atoms with Gasteiger partial charge in [-0.1, -0.05) is 32.0 Å². The predicted molar refractivity (Wildman–Crippen MR) is 115 cm³/mol. The summed E-state index contributed by atoms with van der Waals surface area (Å²) in [7, 11) is 0. The fourth-order valence-electron chi connectivity index (χ4n) is 2.99. The number of aromatic nitrogens is 2. The Labute approximate surface area is 165 Å². The monoisotopic (exact) mass is 375 g/mol. The lowest BCUT2D eigenvalue weighted by Crippen LogP contribution is -2.06. The number of hydrogen-bond donors (Lipinski definition) is 3. The van der Waals surface area contributed by atoms with Crippen LogP contribution >= 0.6 is 0 Å². The Morgan fingerprint density at radius 3 is 2.14 bits per heavy atom. The standard InChI is InChI=1S/C22H25N5O/c1-4-16-7-6-8-17(5-2)21(16)26-20-13-14-23-22(27-20)25-19-11-9-18(10-12-19)24-15(3)28/h6-14H,4-5H2,1-3H3,(H,24,28)(H2,23,25,26,27). The van der Waals surface area contributed by atoms with Gasteiger partial charge in [0.05, 0.1) is 0 Å². The zero-order valence-corrected chi connectivity index (χ0v) is 16.4. The summed E-state index contributed by atoms with van der Waals surface area (Å²) >= 11 is 0. The number of rotatable bonds is 7. The molecule has 0 aliphatic rings. The normalized spacial score (nSPS) is 10.4. The first kappa shape index (κ1) is 19.4. The van der Waals surface area contributed by atoms with E-state index in [1.165, 1.54) is 18.1 Å². The van der Waals surface area contributed by atoms with Crippen LogP contribution in [0.4, 0.5) is 28.8 Å². The van der Waals surface area contributed by atoms with Crippen LogP contribution < -0.4 is 16.0 Å². The molecule has 0 fully saturated rings. The smallest absolute Gasteiger partial charge is 0.229 e. The zero-order valence-electron chi connectivity index (χ0n) is 16.4. The molecule has 0 atom stereocenters. The van der Waals surface area contributed by atoms with E-state index in [0.717, 1.165) is 35.7 Å². The molecule has 0 saturated carbocycles. The molecule has 0 bridgehead atoms. The van der Waals surface area contributed by atoms with Gasteiger partial charge in [0, 0.05) is 30.2 Å². The van der Waals surface area contributed by atoms with Gasteiger partial charge in [0.1, 0.15) is 5.82 Å². The number of amides is 1. The Morgan fingerprint density at radius 2 is 1.54 bits per heavy atom. The molecule has 1 aromatic heterocycles. The van der Waals surface area contributed by atoms with E-state index in [-0.39, 0.29) is 5.91 Å². The summed E-state index contributed by atoms with van der Waals surface area (Å²) in [6.07, 6.45) is 3.63. The highest BCUT2D eigenvalue weighted by molar-refractivity contribution is 5.88. The molecule has 0 aliphatic carbocycles. The predicted octanol–water partition coefficient (Wildman–Crippen LogP) is 5.05. The lowest BCUT2D eigenvalue weighted by molar-refractivity contribution is -0.114. The highest BCUT2D eigenvalue weighted by Gasteiger charge is 2.08. The van der Waals surface area contributed by atoms with Crippen LogP contribution in [0.1, 0.15) is 31.9 Å². The number of hydrogen-bond acceptors (Lipinski definition) is 5. The van der Waals surface area contributed by atoms with Crippen molar-refractivity contribution in [3.63, 3.8) is 0 Å². The van der Waals surface area contributed by atoms with Crippen LogP contribution in [-0.2, 0) is 17.6 Å². The Bertz CT molecular complexity index is 931. The summed E-state index contributed by atoms with van der Waals surface area (Å²) in [6.45, 7) is 5.79. The largest absolute Gasteiger partial charge is 0.340 e. The van der Waals surface area contributed by atoms with Gasteiger partial charge in [-0.05, 0) is 54.3 Å². The fourth-order valence-corrected chi connectivity index (χ4v) is 2.99. The Balaban J connectivity index is 1.77. The summed E-state index contributed by atoms with van der Waals surface area (Å²) in [4.78, 5) is 20.0. The first-order valence-corrected chi connectivity index (χ1v) is 9.44. The van der Waals surface area contributed by atoms with Gasteiger partial charge in [0.15, 0.2) is 0 Å². The molecule has 0 aliphatic heterocycles. The molecule has 28 heavy (non-hydrogen) atoms. The molecule has 6 nitrogen and oxygen atoms in total. The van der Waals surface area contributed by atoms with Gasteiger partial charge in [-0.25, -0.2) is 4.98 Å². The minimum absolute atomic E-state index is 0.0957. The lowest BCUT2D eigenvalue weighted by atomic mass is 10.0. The summed E-state index contributed by atoms with van der Waals surface area (Å²) in [5, 5.41) is 9.40. The van der Waals surface area contributed by atoms with Crippen molar-refractivity contribution in [2.75, 3.05) is 16.0 Å². The van der Waals surface area contributed by atoms with E-state index in [1.54, 1.807) is 6.20 Å². The first-order chi connectivity index (χ1) is 13.6. The Morgan fingerprint density at radius 1 is 0.893 bits per heavy atom. The first-order valence-electron chi connectivity index (χ1n) is 9.44. The molecule has 0 spiro atoms. The molecule has 144 valence electrons. The average molecular weight is 375 g/mol. The van der Waals surface area contributed by atoms with Crippen molar-refractivity contribution in [3.05, 3.63) is 65.9 Å². The molecular formula is C22H25N5O. The van der Waals surface area contributed by atoms with Gasteiger partial charge in [-0.3, -0.25) is 4.79 Å². The van der Waals surface area contributed by atoms with Crippen LogP contribution in [-0.4, -0.2) is 15.9 Å². The van der Waals surface area contributed by atoms with E-state index < -0.39 is 0 Å². The molecule has 1 amide bonds. The van der Waals surface area contributed by atoms with Crippen molar-refractivity contribution in [3.8, 4) is 0 Å². The molecular weight excluding hydrogens is 350 g/mol. The average Bonchev–Trinajstić information content (AvgIpc) is 2.69. The van der Waals surface area contributed by atoms with E-state index >= 15 is 0 Å². The van der Waals surface area contributed by atoms with Gasteiger partial charge >= 0.3 is 0 Å². The third kappa shape index (κ3) is 4.85. The molecule has 1 heterocycles. The van der Waals surface area contributed by atoms with Gasteiger partial charge in [-0.15, -0.1) is 0 Å². The van der Waals surface area contributed by atoms with E-state index in [4.69, 9.17) is 0 Å². The Hall–Kier alpha value is -3.41. The fraction of sp³-hybridized carbons (Fsp3) is 0.227. The van der Waals surface area contributed by atoms with Crippen molar-refractivity contribution in [1.29, 1.82) is 0 Å². The highest BCUT2D eigenvalue weighted by atomic mass is 16.1. The van der Waals surface area contributed by atoms with Gasteiger partial charge in [0.25, 0.3) is 0 Å². The molecule has 6 heteroatoms. The molecule has 0 saturated heterocycles. The number of benzene rings is 2. The quantitative estimate of drug-likeness (QED) is 0.539. The maximum atomic E-state index is 11.1. The SMILES string of the molecule is CCc1cccc(CC)c1Nc1ccnc(Nc2ccc(NC(C)=O)cc2)n1. The summed E-state index contributed by atoms with van der Waals surface area (Å²) < 4.78 is 0. The number of carbonyl (C=O) groups excluding carboxylic acids is 1. The molecule has 2 aromatic carbocycles. The minimum Gasteiger partial charge on any atom is -0.340 e. The van der Waals surface area contributed by atoms with Crippen molar-refractivity contribution in [2.24, 2.45) is 0 Å². The maximum Gasteiger partial charge on any atom is 0.229 e. The van der Waals surface area contributed by atoms with Crippen LogP contribution in [0.3, 0.4) is 0 Å². The van der Waals surface area contributed by atoms with Crippen molar-refractivity contribution in [2.45, 2.75) is 33.6 Å². The van der Waals surface area contributed by atoms with E-state index in [9.17, 15) is 4.79 Å². The number of para-hydroxylation sites is 1. The van der Waals surface area contributed by atoms with Crippen LogP contribution in [0.2, 0.25) is 0 Å². The lowest BCUT2D eigenvalue weighted by Gasteiger charge is -2.15. The topological polar surface area (TPSA) is 78.9 Å². The summed E-state index contributed by atoms with van der Waals surface area (Å²) in [5.74, 6) is 1.15. The van der Waals surface area contributed by atoms with Gasteiger partial charge in [0.2, 0.25) is 11.9 Å². The summed E-state index contributed by atoms with van der Waals surface area (Å²) in [5.41, 5.74) is 5.24. The molecule has 3 aromatic rings. The van der Waals surface area contributed by atoms with Crippen molar-refractivity contribution < 1.29 is 4.79 Å². The number of anilines is 5. The number of aryl methyl sites for hydroxylation is 2. The van der Waals surface area contributed by atoms with E-state index in [2.05, 4.69) is 58.0 Å². The van der Waals surface area contributed by atoms with Crippen LogP contribution in [0.15, 0.2) is 54.7 Å². The van der Waals surface area contributed by atoms with Crippen molar-refractivity contribution in [1.82, 2.24) is 9.97 Å². The molecule has 0 unspecified atom stereocenters. The number of nitrogens with zero attached hydrogens (tertiary/aromatic N) is 2. The second kappa shape index (κ2) is 8.99. The zero-order chi connectivity index (χ0) is 19.9. The van der Waals surface area contributed by atoms with Gasteiger partial charge < -0.3 is 16.0 Å². The number of nitrogens with one attached hydrogen (secondary N) is 3. The molecule has 0 radical (unpaired) electrons. The second-order valence-corrected chi connectivity index (χ2v) is 6.43. The van der Waals surface area contributed by atoms with E-state index in [0.29, 0.717) is 5.95 Å². The number of carbonyl (C=O) groups is 1. The third-order valence-electron chi connectivity index (χ3n) is 4.37. The van der Waals surface area contributed by atoms with Gasteiger partial charge in [-0.2, -0.15) is 4.98 Å². The Kier molecular flexibility index (Phi) is 6.22. The second-order valence-electron chi connectivity index (χ2n) is 6.43. The molecule has 3 rings (SSSR count). The maximum absolute atomic E-state index is 11.1. The van der Waals surface area contributed by atoms with Crippen LogP contribution in [0.5, 0.6) is 0 Å². The summed E-state index contributed by atoms with van der Waals surface area (Å²) in [6, 6.07) is 15.6. The van der Waals surface area contributed by atoms with Crippen molar-refractivity contribution >= 4 is 34.7 Å². The van der Waals surface area contributed by atoms with E-state index in [1.807, 2.05) is 30.3 Å². The highest BCUT2D eigenvalue weighted by Crippen LogP contribution is 2.26. The molecule has 3 N–H and O–H groups in total. The minimum atomic E-state index is -0.0957. The van der Waals surface area contributed by atoms with Crippen LogP contribution in [0, 0.1) is 0 Å². The van der Waals surface area contributed by atoms with Crippen LogP contribution in [0.25, 0.3) is 0 Å².